The number of aromatic nitrogens is 2. The van der Waals surface area contributed by atoms with Gasteiger partial charge in [-0.05, 0) is 42.5 Å². The van der Waals surface area contributed by atoms with Crippen LogP contribution in [0.2, 0.25) is 10.0 Å². The van der Waals surface area contributed by atoms with Crippen molar-refractivity contribution in [1.82, 2.24) is 9.55 Å². The van der Waals surface area contributed by atoms with Gasteiger partial charge in [-0.15, -0.1) is 0 Å². The maximum absolute atomic E-state index is 13.5. The van der Waals surface area contributed by atoms with Crippen LogP contribution in [-0.2, 0) is 6.54 Å². The first kappa shape index (κ1) is 20.4. The Bertz CT molecular complexity index is 1600. The molecule has 5 aromatic rings. The van der Waals surface area contributed by atoms with Gasteiger partial charge in [0.1, 0.15) is 22.9 Å². The van der Waals surface area contributed by atoms with Crippen molar-refractivity contribution in [3.63, 3.8) is 0 Å². The number of methoxy groups -OCH3 is 1. The monoisotopic (exact) mass is 468 g/mol. The molecule has 3 heterocycles. The van der Waals surface area contributed by atoms with Gasteiger partial charge in [0.05, 0.1) is 30.3 Å². The Hall–Kier alpha value is -3.55. The normalized spacial score (nSPS) is 11.3. The van der Waals surface area contributed by atoms with Gasteiger partial charge < -0.3 is 13.6 Å². The molecule has 0 spiro atoms. The van der Waals surface area contributed by atoms with Crippen LogP contribution >= 0.6 is 23.2 Å². The van der Waals surface area contributed by atoms with Crippen molar-refractivity contribution in [2.24, 2.45) is 0 Å². The van der Waals surface area contributed by atoms with Gasteiger partial charge in [-0.25, -0.2) is 0 Å². The minimum atomic E-state index is -0.570. The van der Waals surface area contributed by atoms with Crippen molar-refractivity contribution in [2.75, 3.05) is 7.11 Å². The molecule has 0 unspecified atom stereocenters. The van der Waals surface area contributed by atoms with Gasteiger partial charge in [0.25, 0.3) is 5.56 Å². The van der Waals surface area contributed by atoms with Gasteiger partial charge in [0, 0.05) is 16.7 Å². The summed E-state index contributed by atoms with van der Waals surface area (Å²) in [5.41, 5.74) is -0.444. The van der Waals surface area contributed by atoms with Crippen molar-refractivity contribution < 1.29 is 13.6 Å². The molecule has 0 aliphatic heterocycles. The highest BCUT2D eigenvalue weighted by molar-refractivity contribution is 6.36. The molecule has 0 radical (unpaired) electrons. The molecular formula is C23H14Cl2N2O5. The third kappa shape index (κ3) is 3.36. The van der Waals surface area contributed by atoms with E-state index >= 15 is 0 Å². The molecule has 3 aromatic heterocycles. The van der Waals surface area contributed by atoms with Crippen molar-refractivity contribution in [2.45, 2.75) is 6.54 Å². The van der Waals surface area contributed by atoms with Gasteiger partial charge in [-0.1, -0.05) is 23.2 Å². The summed E-state index contributed by atoms with van der Waals surface area (Å²) >= 11 is 12.5. The first-order valence-electron chi connectivity index (χ1n) is 9.49. The third-order valence-corrected chi connectivity index (χ3v) is 5.62. The van der Waals surface area contributed by atoms with Gasteiger partial charge in [-0.2, -0.15) is 4.98 Å². The van der Waals surface area contributed by atoms with Crippen molar-refractivity contribution in [3.05, 3.63) is 91.2 Å². The number of fused-ring (bicyclic) bond motifs is 2. The van der Waals surface area contributed by atoms with Gasteiger partial charge in [0.2, 0.25) is 11.1 Å². The number of nitrogens with zero attached hydrogens (tertiary/aromatic N) is 2. The molecule has 7 nitrogen and oxygen atoms in total. The number of rotatable bonds is 4. The van der Waals surface area contributed by atoms with E-state index in [1.807, 2.05) is 0 Å². The summed E-state index contributed by atoms with van der Waals surface area (Å²) in [6.07, 6.45) is 1.50. The van der Waals surface area contributed by atoms with E-state index in [-0.39, 0.29) is 34.4 Å². The molecule has 160 valence electrons. The van der Waals surface area contributed by atoms with Crippen LogP contribution in [0.5, 0.6) is 5.75 Å². The standard InChI is InChI=1S/C23H14Cl2N2O5/c1-30-13-5-7-16-18(10-13)32-22-19(20(16)28)23(29)27(11-14-3-2-8-31-14)21(26-22)15-6-4-12(24)9-17(15)25/h2-10H,11H2,1H3. The summed E-state index contributed by atoms with van der Waals surface area (Å²) in [5.74, 6) is 1.23. The van der Waals surface area contributed by atoms with Crippen LogP contribution in [0.15, 0.2) is 73.2 Å². The molecule has 0 atom stereocenters. The number of furan rings is 1. The molecule has 0 amide bonds. The van der Waals surface area contributed by atoms with Crippen LogP contribution in [0.1, 0.15) is 5.76 Å². The first-order valence-corrected chi connectivity index (χ1v) is 10.2. The lowest BCUT2D eigenvalue weighted by Crippen LogP contribution is -2.28. The Morgan fingerprint density at radius 1 is 1.09 bits per heavy atom. The predicted molar refractivity (Wildman–Crippen MR) is 122 cm³/mol. The molecule has 9 heteroatoms. The highest BCUT2D eigenvalue weighted by atomic mass is 35.5. The second-order valence-electron chi connectivity index (χ2n) is 7.00. The number of ether oxygens (including phenoxy) is 1. The van der Waals surface area contributed by atoms with E-state index in [4.69, 9.17) is 36.8 Å². The van der Waals surface area contributed by atoms with Crippen molar-refractivity contribution >= 4 is 45.3 Å². The minimum Gasteiger partial charge on any atom is -0.497 e. The zero-order valence-electron chi connectivity index (χ0n) is 16.6. The molecule has 5 rings (SSSR count). The van der Waals surface area contributed by atoms with Gasteiger partial charge >= 0.3 is 0 Å². The number of hydrogen-bond donors (Lipinski definition) is 0. The molecule has 0 fully saturated rings. The van der Waals surface area contributed by atoms with Crippen molar-refractivity contribution in [1.29, 1.82) is 0 Å². The van der Waals surface area contributed by atoms with E-state index in [0.29, 0.717) is 27.1 Å². The zero-order chi connectivity index (χ0) is 22.4. The SMILES string of the molecule is COc1ccc2c(=O)c3c(=O)n(Cc4ccco4)c(-c4ccc(Cl)cc4Cl)nc3oc2c1. The first-order chi connectivity index (χ1) is 15.5. The quantitative estimate of drug-likeness (QED) is 0.340. The average Bonchev–Trinajstić information content (AvgIpc) is 3.28. The van der Waals surface area contributed by atoms with Crippen LogP contribution in [0.25, 0.3) is 33.5 Å². The van der Waals surface area contributed by atoms with Crippen LogP contribution in [0.4, 0.5) is 0 Å². The molecule has 2 aromatic carbocycles. The number of halogens is 2. The van der Waals surface area contributed by atoms with Crippen LogP contribution in [-0.4, -0.2) is 16.7 Å². The predicted octanol–water partition coefficient (Wildman–Crippen LogP) is 5.13. The molecule has 0 saturated heterocycles. The molecule has 0 aliphatic rings. The fourth-order valence-corrected chi connectivity index (χ4v) is 4.02. The lowest BCUT2D eigenvalue weighted by atomic mass is 10.1. The molecule has 32 heavy (non-hydrogen) atoms. The lowest BCUT2D eigenvalue weighted by molar-refractivity contribution is 0.414. The summed E-state index contributed by atoms with van der Waals surface area (Å²) in [6, 6.07) is 13.0. The highest BCUT2D eigenvalue weighted by Gasteiger charge is 2.21. The summed E-state index contributed by atoms with van der Waals surface area (Å²) < 4.78 is 17.8. The Labute approximate surface area is 190 Å². The Balaban J connectivity index is 1.88. The molecule has 0 N–H and O–H groups in total. The summed E-state index contributed by atoms with van der Waals surface area (Å²) in [6.45, 7) is 0.0448. The average molecular weight is 469 g/mol. The van der Waals surface area contributed by atoms with Gasteiger partial charge in [0.15, 0.2) is 5.39 Å². The summed E-state index contributed by atoms with van der Waals surface area (Å²) in [5, 5.41) is 0.813. The molecule has 0 saturated carbocycles. The highest BCUT2D eigenvalue weighted by Crippen LogP contribution is 2.30. The largest absolute Gasteiger partial charge is 0.497 e. The van der Waals surface area contributed by atoms with E-state index in [1.54, 1.807) is 48.5 Å². The van der Waals surface area contributed by atoms with E-state index in [2.05, 4.69) is 4.98 Å². The Kier molecular flexibility index (Phi) is 5.00. The fraction of sp³-hybridized carbons (Fsp3) is 0.0870. The summed E-state index contributed by atoms with van der Waals surface area (Å²) in [4.78, 5) is 31.3. The minimum absolute atomic E-state index is 0.0448. The van der Waals surface area contributed by atoms with Crippen LogP contribution in [0.3, 0.4) is 0 Å². The number of hydrogen-bond acceptors (Lipinski definition) is 6. The van der Waals surface area contributed by atoms with E-state index in [0.717, 1.165) is 0 Å². The topological polar surface area (TPSA) is 87.5 Å². The second kappa shape index (κ2) is 7.85. The smallest absolute Gasteiger partial charge is 0.269 e. The van der Waals surface area contributed by atoms with Crippen molar-refractivity contribution in [3.8, 4) is 17.1 Å². The Morgan fingerprint density at radius 2 is 1.94 bits per heavy atom. The maximum Gasteiger partial charge on any atom is 0.269 e. The third-order valence-electron chi connectivity index (χ3n) is 5.07. The zero-order valence-corrected chi connectivity index (χ0v) is 18.1. The molecular weight excluding hydrogens is 455 g/mol. The second-order valence-corrected chi connectivity index (χ2v) is 7.85. The fourth-order valence-electron chi connectivity index (χ4n) is 3.53. The lowest BCUT2D eigenvalue weighted by Gasteiger charge is -2.14. The molecule has 0 bridgehead atoms. The van der Waals surface area contributed by atoms with E-state index < -0.39 is 11.0 Å². The van der Waals surface area contributed by atoms with E-state index in [1.165, 1.54) is 17.9 Å². The maximum atomic E-state index is 13.5. The number of benzene rings is 2. The van der Waals surface area contributed by atoms with Gasteiger partial charge in [-0.3, -0.25) is 14.2 Å². The summed E-state index contributed by atoms with van der Waals surface area (Å²) in [7, 11) is 1.51. The van der Waals surface area contributed by atoms with Crippen LogP contribution < -0.4 is 15.7 Å². The van der Waals surface area contributed by atoms with E-state index in [9.17, 15) is 9.59 Å². The molecule has 0 aliphatic carbocycles. The van der Waals surface area contributed by atoms with Crippen LogP contribution in [0, 0.1) is 0 Å². The Morgan fingerprint density at radius 3 is 2.66 bits per heavy atom.